The van der Waals surface area contributed by atoms with E-state index in [1.54, 1.807) is 43.3 Å². The molecule has 0 saturated carbocycles. The number of benzene rings is 2. The molecular weight excluding hydrogens is 441 g/mol. The van der Waals surface area contributed by atoms with Crippen molar-refractivity contribution in [2.24, 2.45) is 4.99 Å². The van der Waals surface area contributed by atoms with Crippen molar-refractivity contribution in [2.45, 2.75) is 19.4 Å². The number of amides is 2. The Kier molecular flexibility index (Phi) is 7.05. The van der Waals surface area contributed by atoms with Gasteiger partial charge in [0.2, 0.25) is 17.8 Å². The van der Waals surface area contributed by atoms with Gasteiger partial charge >= 0.3 is 5.97 Å². The molecule has 2 N–H and O–H groups in total. The third kappa shape index (κ3) is 5.51. The van der Waals surface area contributed by atoms with Gasteiger partial charge in [-0.25, -0.2) is 14.2 Å². The van der Waals surface area contributed by atoms with Gasteiger partial charge in [-0.15, -0.1) is 0 Å². The zero-order valence-corrected chi connectivity index (χ0v) is 18.8. The predicted octanol–water partition coefficient (Wildman–Crippen LogP) is 2.01. The standard InChI is InChI=1S/C24H26FN5O4/c1-2-34-23(33)16-3-7-18(8-4-16)26-22(32)20-15-21(31)28-24(27-20)30-13-11-29(12-14-30)19-9-5-17(25)6-10-19/h3-10,20H,2,11-15H2,1H3,(H,26,32)(H,27,28,31). The third-order valence-electron chi connectivity index (χ3n) is 5.65. The van der Waals surface area contributed by atoms with Gasteiger partial charge in [-0.05, 0) is 55.5 Å². The number of piperazine rings is 1. The summed E-state index contributed by atoms with van der Waals surface area (Å²) in [6, 6.07) is 11.8. The van der Waals surface area contributed by atoms with Crippen molar-refractivity contribution in [2.75, 3.05) is 43.0 Å². The molecule has 178 valence electrons. The number of ether oxygens (including phenoxy) is 1. The Bertz CT molecular complexity index is 1080. The van der Waals surface area contributed by atoms with Crippen molar-refractivity contribution in [1.29, 1.82) is 0 Å². The Morgan fingerprint density at radius 3 is 2.35 bits per heavy atom. The first kappa shape index (κ1) is 23.2. The summed E-state index contributed by atoms with van der Waals surface area (Å²) < 4.78 is 18.1. The first-order chi connectivity index (χ1) is 16.4. The topological polar surface area (TPSA) is 103 Å². The molecular formula is C24H26FN5O4. The Morgan fingerprint density at radius 2 is 1.71 bits per heavy atom. The summed E-state index contributed by atoms with van der Waals surface area (Å²) in [5.41, 5.74) is 1.81. The van der Waals surface area contributed by atoms with E-state index >= 15 is 0 Å². The molecule has 0 spiro atoms. The molecule has 4 rings (SSSR count). The zero-order valence-electron chi connectivity index (χ0n) is 18.8. The van der Waals surface area contributed by atoms with Crippen LogP contribution in [0.1, 0.15) is 23.7 Å². The van der Waals surface area contributed by atoms with Crippen molar-refractivity contribution < 1.29 is 23.5 Å². The molecule has 2 amide bonds. The minimum Gasteiger partial charge on any atom is -0.462 e. The van der Waals surface area contributed by atoms with Gasteiger partial charge in [0.25, 0.3) is 0 Å². The Morgan fingerprint density at radius 1 is 1.06 bits per heavy atom. The maximum Gasteiger partial charge on any atom is 0.338 e. The highest BCUT2D eigenvalue weighted by atomic mass is 19.1. The number of rotatable bonds is 5. The van der Waals surface area contributed by atoms with Crippen molar-refractivity contribution in [3.63, 3.8) is 0 Å². The normalized spacial score (nSPS) is 18.1. The molecule has 10 heteroatoms. The fourth-order valence-electron chi connectivity index (χ4n) is 3.85. The number of anilines is 2. The van der Waals surface area contributed by atoms with Crippen molar-refractivity contribution in [1.82, 2.24) is 10.2 Å². The van der Waals surface area contributed by atoms with Crippen molar-refractivity contribution >= 4 is 35.1 Å². The summed E-state index contributed by atoms with van der Waals surface area (Å²) in [6.45, 7) is 4.55. The van der Waals surface area contributed by atoms with E-state index in [0.29, 0.717) is 43.4 Å². The largest absolute Gasteiger partial charge is 0.462 e. The van der Waals surface area contributed by atoms with Crippen LogP contribution in [0.15, 0.2) is 53.5 Å². The zero-order chi connectivity index (χ0) is 24.1. The summed E-state index contributed by atoms with van der Waals surface area (Å²) in [6.07, 6.45) is -0.0498. The van der Waals surface area contributed by atoms with Gasteiger partial charge in [-0.3, -0.25) is 14.9 Å². The van der Waals surface area contributed by atoms with Crippen LogP contribution < -0.4 is 15.5 Å². The minimum atomic E-state index is -0.858. The number of esters is 1. The second-order valence-corrected chi connectivity index (χ2v) is 7.96. The second kappa shape index (κ2) is 10.3. The van der Waals surface area contributed by atoms with Gasteiger partial charge in [0, 0.05) is 37.6 Å². The lowest BCUT2D eigenvalue weighted by molar-refractivity contribution is -0.125. The van der Waals surface area contributed by atoms with Gasteiger partial charge < -0.3 is 19.9 Å². The van der Waals surface area contributed by atoms with E-state index in [0.717, 1.165) is 5.69 Å². The SMILES string of the molecule is CCOC(=O)c1ccc(NC(=O)C2CC(=O)NC(N3CCN(c4ccc(F)cc4)CC3)=N2)cc1. The van der Waals surface area contributed by atoms with Crippen LogP contribution in [0.3, 0.4) is 0 Å². The molecule has 2 aliphatic heterocycles. The molecule has 9 nitrogen and oxygen atoms in total. The fraction of sp³-hybridized carbons (Fsp3) is 0.333. The fourth-order valence-corrected chi connectivity index (χ4v) is 3.85. The lowest BCUT2D eigenvalue weighted by Crippen LogP contribution is -2.56. The van der Waals surface area contributed by atoms with Crippen LogP contribution >= 0.6 is 0 Å². The Balaban J connectivity index is 1.37. The van der Waals surface area contributed by atoms with E-state index < -0.39 is 17.9 Å². The average Bonchev–Trinajstić information content (AvgIpc) is 2.85. The highest BCUT2D eigenvalue weighted by Gasteiger charge is 2.30. The monoisotopic (exact) mass is 467 g/mol. The number of hydrogen-bond acceptors (Lipinski definition) is 7. The molecule has 1 saturated heterocycles. The van der Waals surface area contributed by atoms with Gasteiger partial charge in [-0.1, -0.05) is 0 Å². The number of hydrogen-bond donors (Lipinski definition) is 2. The van der Waals surface area contributed by atoms with Crippen LogP contribution in [0, 0.1) is 5.82 Å². The number of guanidine groups is 1. The van der Waals surface area contributed by atoms with Crippen LogP contribution in [0.25, 0.3) is 0 Å². The molecule has 0 aliphatic carbocycles. The van der Waals surface area contributed by atoms with E-state index in [1.807, 2.05) is 4.90 Å². The maximum atomic E-state index is 13.2. The molecule has 1 unspecified atom stereocenters. The van der Waals surface area contributed by atoms with Crippen molar-refractivity contribution in [3.05, 3.63) is 59.9 Å². The summed E-state index contributed by atoms with van der Waals surface area (Å²) >= 11 is 0. The first-order valence-corrected chi connectivity index (χ1v) is 11.1. The maximum absolute atomic E-state index is 13.2. The van der Waals surface area contributed by atoms with Gasteiger partial charge in [-0.2, -0.15) is 0 Å². The summed E-state index contributed by atoms with van der Waals surface area (Å²) in [5, 5.41) is 5.52. The van der Waals surface area contributed by atoms with Gasteiger partial charge in [0.1, 0.15) is 11.9 Å². The first-order valence-electron chi connectivity index (χ1n) is 11.1. The number of nitrogens with zero attached hydrogens (tertiary/aromatic N) is 3. The van der Waals surface area contributed by atoms with Gasteiger partial charge in [0.15, 0.2) is 0 Å². The summed E-state index contributed by atoms with van der Waals surface area (Å²) in [4.78, 5) is 45.4. The molecule has 0 aromatic heterocycles. The molecule has 0 bridgehead atoms. The number of aliphatic imine (C=N–C) groups is 1. The molecule has 0 radical (unpaired) electrons. The van der Waals surface area contributed by atoms with Crippen LogP contribution in [0.2, 0.25) is 0 Å². The molecule has 34 heavy (non-hydrogen) atoms. The van der Waals surface area contributed by atoms with Crippen molar-refractivity contribution in [3.8, 4) is 0 Å². The molecule has 1 fully saturated rings. The highest BCUT2D eigenvalue weighted by Crippen LogP contribution is 2.18. The quantitative estimate of drug-likeness (QED) is 0.652. The molecule has 2 aliphatic rings. The van der Waals surface area contributed by atoms with E-state index in [1.165, 1.54) is 12.1 Å². The third-order valence-corrected chi connectivity index (χ3v) is 5.65. The van der Waals surface area contributed by atoms with Crippen LogP contribution in [0.5, 0.6) is 0 Å². The van der Waals surface area contributed by atoms with Crippen LogP contribution in [-0.4, -0.2) is 67.5 Å². The Labute approximate surface area is 196 Å². The van der Waals surface area contributed by atoms with E-state index in [2.05, 4.69) is 20.5 Å². The van der Waals surface area contributed by atoms with E-state index in [9.17, 15) is 18.8 Å². The van der Waals surface area contributed by atoms with Crippen LogP contribution in [-0.2, 0) is 14.3 Å². The van der Waals surface area contributed by atoms with E-state index in [-0.39, 0.29) is 24.8 Å². The highest BCUT2D eigenvalue weighted by molar-refractivity contribution is 6.06. The predicted molar refractivity (Wildman–Crippen MR) is 125 cm³/mol. The summed E-state index contributed by atoms with van der Waals surface area (Å²) in [5.74, 6) is -1.00. The lowest BCUT2D eigenvalue weighted by Gasteiger charge is -2.38. The molecule has 1 atom stereocenters. The average molecular weight is 468 g/mol. The minimum absolute atomic E-state index is 0.0498. The number of carbonyl (C=O) groups is 3. The van der Waals surface area contributed by atoms with Gasteiger partial charge in [0.05, 0.1) is 18.6 Å². The molecule has 2 aromatic rings. The number of halogens is 1. The second-order valence-electron chi connectivity index (χ2n) is 7.96. The number of carbonyl (C=O) groups excluding carboxylic acids is 3. The number of nitrogens with one attached hydrogen (secondary N) is 2. The molecule has 2 aromatic carbocycles. The molecule has 2 heterocycles. The summed E-state index contributed by atoms with van der Waals surface area (Å²) in [7, 11) is 0. The van der Waals surface area contributed by atoms with Crippen LogP contribution in [0.4, 0.5) is 15.8 Å². The lowest BCUT2D eigenvalue weighted by atomic mass is 10.1. The van der Waals surface area contributed by atoms with E-state index in [4.69, 9.17) is 4.74 Å². The smallest absolute Gasteiger partial charge is 0.338 e. The Hall–Kier alpha value is -3.95.